The fourth-order valence-electron chi connectivity index (χ4n) is 1.45. The summed E-state index contributed by atoms with van der Waals surface area (Å²) < 4.78 is 4.79. The van der Waals surface area contributed by atoms with Crippen molar-refractivity contribution in [2.45, 2.75) is 13.0 Å². The van der Waals surface area contributed by atoms with Crippen molar-refractivity contribution in [2.75, 3.05) is 19.0 Å². The van der Waals surface area contributed by atoms with Gasteiger partial charge in [-0.3, -0.25) is 4.79 Å². The maximum Gasteiger partial charge on any atom is 0.349 e. The molecule has 0 fully saturated rings. The van der Waals surface area contributed by atoms with E-state index in [0.717, 1.165) is 5.69 Å². The summed E-state index contributed by atoms with van der Waals surface area (Å²) in [7, 11) is 3.82. The number of benzene rings is 1. The third-order valence-corrected chi connectivity index (χ3v) is 2.75. The van der Waals surface area contributed by atoms with Crippen LogP contribution >= 0.6 is 0 Å². The molecule has 21 heavy (non-hydrogen) atoms. The van der Waals surface area contributed by atoms with Crippen molar-refractivity contribution >= 4 is 23.6 Å². The maximum absolute atomic E-state index is 11.7. The minimum absolute atomic E-state index is 0.194. The second-order valence-electron chi connectivity index (χ2n) is 4.61. The first-order valence-corrected chi connectivity index (χ1v) is 6.24. The highest BCUT2D eigenvalue weighted by atomic mass is 16.5. The summed E-state index contributed by atoms with van der Waals surface area (Å²) in [4.78, 5) is 24.5. The monoisotopic (exact) mass is 287 g/mol. The van der Waals surface area contributed by atoms with Crippen molar-refractivity contribution < 1.29 is 14.3 Å². The topological polar surface area (TPSA) is 96.4 Å². The quantitative estimate of drug-likeness (QED) is 0.496. The van der Waals surface area contributed by atoms with Crippen LogP contribution in [0.1, 0.15) is 12.5 Å². The number of nitriles is 1. The van der Waals surface area contributed by atoms with E-state index >= 15 is 0 Å². The maximum atomic E-state index is 11.7. The van der Waals surface area contributed by atoms with Gasteiger partial charge < -0.3 is 15.4 Å². The van der Waals surface area contributed by atoms with Gasteiger partial charge >= 0.3 is 5.97 Å². The Labute approximate surface area is 123 Å². The van der Waals surface area contributed by atoms with Gasteiger partial charge in [0.05, 0.1) is 0 Å². The van der Waals surface area contributed by atoms with Crippen molar-refractivity contribution in [3.63, 3.8) is 0 Å². The molecule has 0 saturated carbocycles. The van der Waals surface area contributed by atoms with Crippen LogP contribution in [0.3, 0.4) is 0 Å². The van der Waals surface area contributed by atoms with Crippen LogP contribution in [-0.4, -0.2) is 32.1 Å². The summed E-state index contributed by atoms with van der Waals surface area (Å²) in [6.45, 7) is 1.35. The number of nitrogens with zero attached hydrogens (tertiary/aromatic N) is 2. The van der Waals surface area contributed by atoms with Gasteiger partial charge in [-0.25, -0.2) is 4.79 Å². The number of carbonyl (C=O) groups is 2. The molecule has 1 aromatic rings. The lowest BCUT2D eigenvalue weighted by Gasteiger charge is -2.12. The van der Waals surface area contributed by atoms with E-state index in [1.165, 1.54) is 13.0 Å². The lowest BCUT2D eigenvalue weighted by atomic mass is 10.1. The van der Waals surface area contributed by atoms with Crippen molar-refractivity contribution in [3.8, 4) is 6.07 Å². The SMILES string of the molecule is C[C@@H](OC(=O)/C(C#N)=C/c1ccc(N(C)C)cc1)C(N)=O. The molecule has 0 unspecified atom stereocenters. The molecule has 0 bridgehead atoms. The van der Waals surface area contributed by atoms with Gasteiger partial charge in [0.25, 0.3) is 5.91 Å². The van der Waals surface area contributed by atoms with Crippen LogP contribution in [0.15, 0.2) is 29.8 Å². The average Bonchev–Trinajstić information content (AvgIpc) is 2.44. The summed E-state index contributed by atoms with van der Waals surface area (Å²) in [5, 5.41) is 9.01. The Morgan fingerprint density at radius 3 is 2.33 bits per heavy atom. The minimum Gasteiger partial charge on any atom is -0.448 e. The fraction of sp³-hybridized carbons (Fsp3) is 0.267. The molecule has 0 aliphatic carbocycles. The van der Waals surface area contributed by atoms with Crippen molar-refractivity contribution in [3.05, 3.63) is 35.4 Å². The summed E-state index contributed by atoms with van der Waals surface area (Å²) in [6.07, 6.45) is 0.320. The molecule has 2 N–H and O–H groups in total. The Morgan fingerprint density at radius 2 is 1.90 bits per heavy atom. The van der Waals surface area contributed by atoms with E-state index in [1.54, 1.807) is 18.2 Å². The summed E-state index contributed by atoms with van der Waals surface area (Å²) in [5.74, 6) is -1.64. The van der Waals surface area contributed by atoms with E-state index in [9.17, 15) is 9.59 Å². The van der Waals surface area contributed by atoms with Crippen LogP contribution < -0.4 is 10.6 Å². The van der Waals surface area contributed by atoms with Gasteiger partial charge in [-0.1, -0.05) is 12.1 Å². The van der Waals surface area contributed by atoms with E-state index in [0.29, 0.717) is 5.56 Å². The van der Waals surface area contributed by atoms with Crippen LogP contribution in [-0.2, 0) is 14.3 Å². The first-order valence-electron chi connectivity index (χ1n) is 6.24. The van der Waals surface area contributed by atoms with E-state index in [4.69, 9.17) is 15.7 Å². The van der Waals surface area contributed by atoms with Crippen LogP contribution in [0.25, 0.3) is 6.08 Å². The van der Waals surface area contributed by atoms with Crippen LogP contribution in [0, 0.1) is 11.3 Å². The largest absolute Gasteiger partial charge is 0.448 e. The van der Waals surface area contributed by atoms with Gasteiger partial charge in [0.2, 0.25) is 0 Å². The molecule has 1 amide bonds. The van der Waals surface area contributed by atoms with Gasteiger partial charge in [0, 0.05) is 19.8 Å². The highest BCUT2D eigenvalue weighted by Gasteiger charge is 2.18. The Morgan fingerprint density at radius 1 is 1.33 bits per heavy atom. The number of ether oxygens (including phenoxy) is 1. The molecule has 0 radical (unpaired) electrons. The molecule has 1 rings (SSSR count). The summed E-state index contributed by atoms with van der Waals surface area (Å²) in [5.41, 5.74) is 6.48. The predicted molar refractivity (Wildman–Crippen MR) is 79.1 cm³/mol. The Hall–Kier alpha value is -2.81. The number of nitrogens with two attached hydrogens (primary N) is 1. The molecular formula is C15H17N3O3. The summed E-state index contributed by atoms with van der Waals surface area (Å²) in [6, 6.07) is 9.03. The molecule has 0 saturated heterocycles. The van der Waals surface area contributed by atoms with Gasteiger partial charge in [0.15, 0.2) is 6.10 Å². The van der Waals surface area contributed by atoms with Crippen molar-refractivity contribution in [2.24, 2.45) is 5.73 Å². The molecule has 1 aromatic carbocycles. The van der Waals surface area contributed by atoms with Gasteiger partial charge in [-0.15, -0.1) is 0 Å². The van der Waals surface area contributed by atoms with Crippen LogP contribution in [0.4, 0.5) is 5.69 Å². The smallest absolute Gasteiger partial charge is 0.349 e. The zero-order chi connectivity index (χ0) is 16.0. The zero-order valence-electron chi connectivity index (χ0n) is 12.2. The number of esters is 1. The molecular weight excluding hydrogens is 270 g/mol. The number of anilines is 1. The van der Waals surface area contributed by atoms with Gasteiger partial charge in [-0.05, 0) is 30.7 Å². The van der Waals surface area contributed by atoms with Crippen molar-refractivity contribution in [1.29, 1.82) is 5.26 Å². The molecule has 0 aliphatic heterocycles. The van der Waals surface area contributed by atoms with E-state index in [1.807, 2.05) is 31.1 Å². The second kappa shape index (κ2) is 7.10. The number of rotatable bonds is 5. The highest BCUT2D eigenvalue weighted by molar-refractivity contribution is 5.99. The van der Waals surface area contributed by atoms with Gasteiger partial charge in [-0.2, -0.15) is 5.26 Å². The van der Waals surface area contributed by atoms with E-state index in [2.05, 4.69) is 0 Å². The standard InChI is InChI=1S/C15H17N3O3/c1-10(14(17)19)21-15(20)12(9-16)8-11-4-6-13(7-5-11)18(2)3/h4-8,10H,1-3H3,(H2,17,19)/b12-8+/t10-/m1/s1. The molecule has 0 spiro atoms. The zero-order valence-corrected chi connectivity index (χ0v) is 12.2. The number of hydrogen-bond acceptors (Lipinski definition) is 5. The molecule has 0 heterocycles. The Kier molecular flexibility index (Phi) is 5.49. The normalized spacial score (nSPS) is 12.2. The first kappa shape index (κ1) is 16.2. The number of hydrogen-bond donors (Lipinski definition) is 1. The lowest BCUT2D eigenvalue weighted by molar-refractivity contribution is -0.149. The highest BCUT2D eigenvalue weighted by Crippen LogP contribution is 2.15. The fourth-order valence-corrected chi connectivity index (χ4v) is 1.45. The van der Waals surface area contributed by atoms with E-state index < -0.39 is 18.0 Å². The molecule has 6 heteroatoms. The number of amides is 1. The first-order chi connectivity index (χ1) is 9.85. The number of primary amides is 1. The molecule has 1 atom stereocenters. The third kappa shape index (κ3) is 4.66. The number of carbonyl (C=O) groups excluding carboxylic acids is 2. The Balaban J connectivity index is 2.91. The predicted octanol–water partition coefficient (Wildman–Crippen LogP) is 1.08. The average molecular weight is 287 g/mol. The molecule has 6 nitrogen and oxygen atoms in total. The van der Waals surface area contributed by atoms with Crippen molar-refractivity contribution in [1.82, 2.24) is 0 Å². The molecule has 110 valence electrons. The third-order valence-electron chi connectivity index (χ3n) is 2.75. The van der Waals surface area contributed by atoms with E-state index in [-0.39, 0.29) is 5.57 Å². The second-order valence-corrected chi connectivity index (χ2v) is 4.61. The molecule has 0 aromatic heterocycles. The minimum atomic E-state index is -1.08. The molecule has 0 aliphatic rings. The Bertz CT molecular complexity index is 598. The van der Waals surface area contributed by atoms with Gasteiger partial charge in [0.1, 0.15) is 11.6 Å². The van der Waals surface area contributed by atoms with Crippen LogP contribution in [0.2, 0.25) is 0 Å². The summed E-state index contributed by atoms with van der Waals surface area (Å²) >= 11 is 0. The van der Waals surface area contributed by atoms with Crippen LogP contribution in [0.5, 0.6) is 0 Å². The lowest BCUT2D eigenvalue weighted by Crippen LogP contribution is -2.30.